The van der Waals surface area contributed by atoms with E-state index in [2.05, 4.69) is 5.10 Å². The smallest absolute Gasteiger partial charge is 0.271 e. The highest BCUT2D eigenvalue weighted by Gasteiger charge is 2.25. The van der Waals surface area contributed by atoms with E-state index in [1.54, 1.807) is 6.07 Å². The molecule has 0 saturated carbocycles. The molecule has 0 aliphatic carbocycles. The molecule has 0 fully saturated rings. The van der Waals surface area contributed by atoms with Gasteiger partial charge in [-0.3, -0.25) is 14.9 Å². The number of nitro benzene ring substituents is 1. The number of rotatable bonds is 4. The number of hydrogen-bond acceptors (Lipinski definition) is 5. The Hall–Kier alpha value is -2.28. The third kappa shape index (κ3) is 2.35. The van der Waals surface area contributed by atoms with E-state index in [9.17, 15) is 14.9 Å². The van der Waals surface area contributed by atoms with Crippen LogP contribution in [0.3, 0.4) is 0 Å². The number of amides is 1. The quantitative estimate of drug-likeness (QED) is 0.595. The summed E-state index contributed by atoms with van der Waals surface area (Å²) >= 11 is 0. The van der Waals surface area contributed by atoms with Gasteiger partial charge in [0.2, 0.25) is 0 Å². The predicted molar refractivity (Wildman–Crippen MR) is 64.5 cm³/mol. The number of hydrazone groups is 1. The molecule has 0 spiro atoms. The van der Waals surface area contributed by atoms with Crippen LogP contribution in [0.1, 0.15) is 6.42 Å². The number of ether oxygens (including phenoxy) is 1. The normalized spacial score (nSPS) is 14.8. The van der Waals surface area contributed by atoms with Gasteiger partial charge in [0, 0.05) is 19.2 Å². The van der Waals surface area contributed by atoms with Gasteiger partial charge in [-0.2, -0.15) is 5.10 Å². The number of benzene rings is 1. The molecule has 94 valence electrons. The summed E-state index contributed by atoms with van der Waals surface area (Å²) < 4.78 is 4.90. The minimum absolute atomic E-state index is 0.0734. The lowest BCUT2D eigenvalue weighted by Gasteiger charge is -2.10. The summed E-state index contributed by atoms with van der Waals surface area (Å²) in [7, 11) is 1.52. The van der Waals surface area contributed by atoms with E-state index in [0.717, 1.165) is 0 Å². The molecule has 0 radical (unpaired) electrons. The first-order valence-corrected chi connectivity index (χ1v) is 5.24. The summed E-state index contributed by atoms with van der Waals surface area (Å²) in [5, 5.41) is 15.9. The SMILES string of the molecule is COCC1=NN(c2cccc([N+](=O)[O-])c2)C(=O)C1. The van der Waals surface area contributed by atoms with Gasteiger partial charge in [-0.1, -0.05) is 6.07 Å². The Kier molecular flexibility index (Phi) is 3.33. The average Bonchev–Trinajstić information content (AvgIpc) is 2.71. The third-order valence-electron chi connectivity index (χ3n) is 2.43. The van der Waals surface area contributed by atoms with Crippen LogP contribution >= 0.6 is 0 Å². The van der Waals surface area contributed by atoms with Crippen molar-refractivity contribution in [2.75, 3.05) is 18.7 Å². The van der Waals surface area contributed by atoms with Crippen LogP contribution in [-0.2, 0) is 9.53 Å². The van der Waals surface area contributed by atoms with Gasteiger partial charge in [-0.25, -0.2) is 5.01 Å². The summed E-state index contributed by atoms with van der Waals surface area (Å²) in [6.07, 6.45) is 0.177. The van der Waals surface area contributed by atoms with Gasteiger partial charge in [0.05, 0.1) is 29.4 Å². The van der Waals surface area contributed by atoms with Crippen molar-refractivity contribution < 1.29 is 14.5 Å². The number of anilines is 1. The van der Waals surface area contributed by atoms with Gasteiger partial charge in [-0.05, 0) is 6.07 Å². The van der Waals surface area contributed by atoms with Gasteiger partial charge in [0.15, 0.2) is 0 Å². The van der Waals surface area contributed by atoms with E-state index in [0.29, 0.717) is 11.4 Å². The highest BCUT2D eigenvalue weighted by atomic mass is 16.6. The number of carbonyl (C=O) groups is 1. The second kappa shape index (κ2) is 4.92. The van der Waals surface area contributed by atoms with E-state index in [-0.39, 0.29) is 24.6 Å². The molecule has 1 aliphatic rings. The Morgan fingerprint density at radius 2 is 2.33 bits per heavy atom. The number of hydrogen-bond donors (Lipinski definition) is 0. The van der Waals surface area contributed by atoms with Gasteiger partial charge in [0.1, 0.15) is 0 Å². The van der Waals surface area contributed by atoms with Crippen LogP contribution in [0.2, 0.25) is 0 Å². The second-order valence-electron chi connectivity index (χ2n) is 3.76. The van der Waals surface area contributed by atoms with Crippen LogP contribution in [0, 0.1) is 10.1 Å². The summed E-state index contributed by atoms with van der Waals surface area (Å²) in [6.45, 7) is 0.275. The minimum atomic E-state index is -0.510. The molecule has 1 aromatic carbocycles. The summed E-state index contributed by atoms with van der Waals surface area (Å²) in [5.41, 5.74) is 0.921. The molecule has 7 nitrogen and oxygen atoms in total. The van der Waals surface area contributed by atoms with E-state index in [4.69, 9.17) is 4.74 Å². The van der Waals surface area contributed by atoms with Crippen LogP contribution in [0.5, 0.6) is 0 Å². The van der Waals surface area contributed by atoms with Crippen molar-refractivity contribution in [2.24, 2.45) is 5.10 Å². The summed E-state index contributed by atoms with van der Waals surface area (Å²) in [6, 6.07) is 5.80. The summed E-state index contributed by atoms with van der Waals surface area (Å²) in [5.74, 6) is -0.220. The first kappa shape index (κ1) is 12.2. The first-order valence-electron chi connectivity index (χ1n) is 5.24. The maximum Gasteiger partial charge on any atom is 0.271 e. The zero-order chi connectivity index (χ0) is 13.1. The Bertz CT molecular complexity index is 527. The predicted octanol–water partition coefficient (Wildman–Crippen LogP) is 1.33. The first-order chi connectivity index (χ1) is 8.61. The monoisotopic (exact) mass is 249 g/mol. The fraction of sp³-hybridized carbons (Fsp3) is 0.273. The van der Waals surface area contributed by atoms with E-state index in [1.165, 1.54) is 30.3 Å². The fourth-order valence-corrected chi connectivity index (χ4v) is 1.67. The molecule has 18 heavy (non-hydrogen) atoms. The minimum Gasteiger partial charge on any atom is -0.379 e. The van der Waals surface area contributed by atoms with Crippen LogP contribution in [-0.4, -0.2) is 30.3 Å². The molecule has 0 unspecified atom stereocenters. The third-order valence-corrected chi connectivity index (χ3v) is 2.43. The van der Waals surface area contributed by atoms with Crippen molar-refractivity contribution >= 4 is 23.0 Å². The van der Waals surface area contributed by atoms with Gasteiger partial charge in [0.25, 0.3) is 11.6 Å². The fourth-order valence-electron chi connectivity index (χ4n) is 1.67. The number of methoxy groups -OCH3 is 1. The Balaban J connectivity index is 2.28. The molecule has 1 heterocycles. The van der Waals surface area contributed by atoms with Crippen molar-refractivity contribution in [2.45, 2.75) is 6.42 Å². The average molecular weight is 249 g/mol. The van der Waals surface area contributed by atoms with Crippen LogP contribution in [0.4, 0.5) is 11.4 Å². The Morgan fingerprint density at radius 3 is 3.00 bits per heavy atom. The zero-order valence-electron chi connectivity index (χ0n) is 9.70. The largest absolute Gasteiger partial charge is 0.379 e. The molecule has 2 rings (SSSR count). The molecule has 1 amide bonds. The van der Waals surface area contributed by atoms with E-state index < -0.39 is 4.92 Å². The number of nitrogens with zero attached hydrogens (tertiary/aromatic N) is 3. The highest BCUT2D eigenvalue weighted by molar-refractivity contribution is 6.13. The molecule has 0 N–H and O–H groups in total. The van der Waals surface area contributed by atoms with Crippen molar-refractivity contribution in [3.05, 3.63) is 34.4 Å². The molecule has 7 heteroatoms. The Labute approximate surface area is 103 Å². The zero-order valence-corrected chi connectivity index (χ0v) is 9.70. The molecule has 1 aliphatic heterocycles. The molecule has 0 bridgehead atoms. The van der Waals surface area contributed by atoms with Crippen molar-refractivity contribution in [1.82, 2.24) is 0 Å². The maximum absolute atomic E-state index is 11.7. The highest BCUT2D eigenvalue weighted by Crippen LogP contribution is 2.24. The van der Waals surface area contributed by atoms with Gasteiger partial charge in [-0.15, -0.1) is 0 Å². The molecule has 1 aromatic rings. The molecule has 0 saturated heterocycles. The van der Waals surface area contributed by atoms with Crippen molar-refractivity contribution in [3.63, 3.8) is 0 Å². The number of nitro groups is 1. The standard InChI is InChI=1S/C11H11N3O4/c1-18-7-8-5-11(15)13(12-8)9-3-2-4-10(6-9)14(16)17/h2-4,6H,5,7H2,1H3. The maximum atomic E-state index is 11.7. The van der Waals surface area contributed by atoms with Crippen LogP contribution < -0.4 is 5.01 Å². The van der Waals surface area contributed by atoms with Crippen molar-refractivity contribution in [3.8, 4) is 0 Å². The number of non-ortho nitro benzene ring substituents is 1. The van der Waals surface area contributed by atoms with Crippen LogP contribution in [0.25, 0.3) is 0 Å². The van der Waals surface area contributed by atoms with E-state index >= 15 is 0 Å². The topological polar surface area (TPSA) is 85.0 Å². The van der Waals surface area contributed by atoms with Crippen molar-refractivity contribution in [1.29, 1.82) is 0 Å². The van der Waals surface area contributed by atoms with Crippen LogP contribution in [0.15, 0.2) is 29.4 Å². The number of carbonyl (C=O) groups excluding carboxylic acids is 1. The lowest BCUT2D eigenvalue weighted by Crippen LogP contribution is -2.19. The molecule has 0 aromatic heterocycles. The second-order valence-corrected chi connectivity index (χ2v) is 3.76. The van der Waals surface area contributed by atoms with E-state index in [1.807, 2.05) is 0 Å². The molecule has 0 atom stereocenters. The molecular formula is C11H11N3O4. The lowest BCUT2D eigenvalue weighted by atomic mass is 10.2. The summed E-state index contributed by atoms with van der Waals surface area (Å²) in [4.78, 5) is 21.9. The molecular weight excluding hydrogens is 238 g/mol. The van der Waals surface area contributed by atoms with Gasteiger partial charge < -0.3 is 4.74 Å². The lowest BCUT2D eigenvalue weighted by molar-refractivity contribution is -0.384. The Morgan fingerprint density at radius 1 is 1.56 bits per heavy atom. The van der Waals surface area contributed by atoms with Gasteiger partial charge >= 0.3 is 0 Å².